The number of rotatable bonds is 0. The Morgan fingerprint density at radius 2 is 1.25 bits per heavy atom. The Balaban J connectivity index is 0.000000121. The summed E-state index contributed by atoms with van der Waals surface area (Å²) in [5.74, 6) is 0. The van der Waals surface area contributed by atoms with Crippen molar-refractivity contribution >= 4 is 21.7 Å². The maximum atomic E-state index is 4.18. The number of pyridine rings is 2. The number of aromatic nitrogens is 2. The monoisotopic (exact) mass is 258 g/mol. The highest BCUT2D eigenvalue weighted by atomic mass is 14.6. The van der Waals surface area contributed by atoms with Gasteiger partial charge in [-0.1, -0.05) is 48.5 Å². The molecule has 2 nitrogen and oxygen atoms in total. The van der Waals surface area contributed by atoms with Gasteiger partial charge in [-0.15, -0.1) is 0 Å². The molecule has 4 aromatic rings. The van der Waals surface area contributed by atoms with Gasteiger partial charge in [0.1, 0.15) is 0 Å². The van der Waals surface area contributed by atoms with Crippen molar-refractivity contribution in [3.05, 3.63) is 85.3 Å². The smallest absolute Gasteiger partial charge is 0.0701 e. The quantitative estimate of drug-likeness (QED) is 0.465. The summed E-state index contributed by atoms with van der Waals surface area (Å²) >= 11 is 0. The minimum atomic E-state index is 1.06. The maximum absolute atomic E-state index is 4.18. The molecule has 2 aromatic heterocycles. The normalized spacial score (nSPS) is 10.0. The molecule has 2 heteroatoms. The Labute approximate surface area is 117 Å². The molecule has 2 heterocycles. The lowest BCUT2D eigenvalue weighted by atomic mass is 10.2. The third kappa shape index (κ3) is 2.81. The molecule has 0 atom stereocenters. The van der Waals surface area contributed by atoms with Crippen molar-refractivity contribution in [2.45, 2.75) is 0 Å². The fourth-order valence-electron chi connectivity index (χ4n) is 2.04. The molecule has 0 aliphatic heterocycles. The van der Waals surface area contributed by atoms with E-state index >= 15 is 0 Å². The van der Waals surface area contributed by atoms with Crippen molar-refractivity contribution in [1.29, 1.82) is 0 Å². The molecule has 0 bridgehead atoms. The summed E-state index contributed by atoms with van der Waals surface area (Å²) in [7, 11) is 0. The Morgan fingerprint density at radius 3 is 2.05 bits per heavy atom. The van der Waals surface area contributed by atoms with Crippen molar-refractivity contribution in [1.82, 2.24) is 9.97 Å². The van der Waals surface area contributed by atoms with Crippen LogP contribution < -0.4 is 0 Å². The average molecular weight is 258 g/mol. The van der Waals surface area contributed by atoms with Gasteiger partial charge < -0.3 is 0 Å². The fraction of sp³-hybridized carbons (Fsp3) is 0. The first-order valence-electron chi connectivity index (χ1n) is 6.52. The van der Waals surface area contributed by atoms with Crippen LogP contribution in [0.2, 0.25) is 0 Å². The summed E-state index contributed by atoms with van der Waals surface area (Å²) in [5.41, 5.74) is 1.06. The van der Waals surface area contributed by atoms with Gasteiger partial charge >= 0.3 is 0 Å². The zero-order valence-corrected chi connectivity index (χ0v) is 11.0. The summed E-state index contributed by atoms with van der Waals surface area (Å²) in [5, 5.41) is 3.65. The lowest BCUT2D eigenvalue weighted by Crippen LogP contribution is -1.73. The topological polar surface area (TPSA) is 25.8 Å². The fourth-order valence-corrected chi connectivity index (χ4v) is 2.04. The molecule has 0 aliphatic rings. The van der Waals surface area contributed by atoms with Crippen LogP contribution in [0.15, 0.2) is 85.3 Å². The number of para-hydroxylation sites is 1. The highest BCUT2D eigenvalue weighted by Gasteiger charge is 1.87. The summed E-state index contributed by atoms with van der Waals surface area (Å²) < 4.78 is 0. The standard InChI is InChI=1S/2C9H7N/c1-2-6-9-8(4-1)5-3-7-10-9;1-2-4-9-7-10-6-5-8(9)3-1/h2*1-7H. The van der Waals surface area contributed by atoms with Crippen LogP contribution in [0.1, 0.15) is 0 Å². The third-order valence-corrected chi connectivity index (χ3v) is 3.06. The summed E-state index contributed by atoms with van der Waals surface area (Å²) in [4.78, 5) is 8.19. The van der Waals surface area contributed by atoms with Gasteiger partial charge in [0.2, 0.25) is 0 Å². The zero-order valence-electron chi connectivity index (χ0n) is 11.0. The molecule has 0 amide bonds. The lowest BCUT2D eigenvalue weighted by molar-refractivity contribution is 1.36. The van der Waals surface area contributed by atoms with E-state index in [-0.39, 0.29) is 0 Å². The second-order valence-electron chi connectivity index (χ2n) is 4.42. The van der Waals surface area contributed by atoms with Gasteiger partial charge in [-0.25, -0.2) is 0 Å². The van der Waals surface area contributed by atoms with Crippen LogP contribution in [-0.4, -0.2) is 9.97 Å². The minimum Gasteiger partial charge on any atom is -0.264 e. The maximum Gasteiger partial charge on any atom is 0.0701 e. The van der Waals surface area contributed by atoms with Crippen LogP contribution in [0.4, 0.5) is 0 Å². The molecule has 0 spiro atoms. The van der Waals surface area contributed by atoms with E-state index in [0.717, 1.165) is 5.52 Å². The van der Waals surface area contributed by atoms with Crippen molar-refractivity contribution in [2.75, 3.05) is 0 Å². The van der Waals surface area contributed by atoms with E-state index in [1.165, 1.54) is 16.2 Å². The van der Waals surface area contributed by atoms with Gasteiger partial charge in [-0.3, -0.25) is 9.97 Å². The van der Waals surface area contributed by atoms with E-state index < -0.39 is 0 Å². The summed E-state index contributed by atoms with van der Waals surface area (Å²) in [6, 6.07) is 22.3. The SMILES string of the molecule is c1ccc2cnccc2c1.c1ccc2ncccc2c1. The average Bonchev–Trinajstić information content (AvgIpc) is 2.56. The number of hydrogen-bond donors (Lipinski definition) is 0. The molecule has 0 N–H and O–H groups in total. The number of hydrogen-bond acceptors (Lipinski definition) is 2. The zero-order chi connectivity index (χ0) is 13.6. The van der Waals surface area contributed by atoms with E-state index in [1.54, 1.807) is 0 Å². The van der Waals surface area contributed by atoms with Crippen LogP contribution >= 0.6 is 0 Å². The second-order valence-corrected chi connectivity index (χ2v) is 4.42. The summed E-state index contributed by atoms with van der Waals surface area (Å²) in [6.45, 7) is 0. The molecule has 0 saturated heterocycles. The Bertz CT molecular complexity index is 623. The lowest BCUT2D eigenvalue weighted by Gasteiger charge is -1.91. The number of nitrogens with zero attached hydrogens (tertiary/aromatic N) is 2. The van der Waals surface area contributed by atoms with E-state index in [4.69, 9.17) is 0 Å². The van der Waals surface area contributed by atoms with Gasteiger partial charge in [0.05, 0.1) is 5.52 Å². The predicted molar refractivity (Wildman–Crippen MR) is 83.5 cm³/mol. The van der Waals surface area contributed by atoms with Crippen molar-refractivity contribution in [3.63, 3.8) is 0 Å². The first kappa shape index (κ1) is 12.3. The molecule has 0 aliphatic carbocycles. The molecule has 96 valence electrons. The largest absolute Gasteiger partial charge is 0.264 e. The van der Waals surface area contributed by atoms with Gasteiger partial charge in [0.25, 0.3) is 0 Å². The van der Waals surface area contributed by atoms with E-state index in [1.807, 2.05) is 61.1 Å². The second kappa shape index (κ2) is 5.93. The minimum absolute atomic E-state index is 1.06. The third-order valence-electron chi connectivity index (χ3n) is 3.06. The van der Waals surface area contributed by atoms with Crippen LogP contribution in [0.3, 0.4) is 0 Å². The molecular formula is C18H14N2. The molecular weight excluding hydrogens is 244 g/mol. The Kier molecular flexibility index (Phi) is 3.65. The van der Waals surface area contributed by atoms with Crippen molar-refractivity contribution < 1.29 is 0 Å². The van der Waals surface area contributed by atoms with E-state index in [9.17, 15) is 0 Å². The molecule has 0 radical (unpaired) electrons. The van der Waals surface area contributed by atoms with Crippen LogP contribution in [-0.2, 0) is 0 Å². The molecule has 0 unspecified atom stereocenters. The van der Waals surface area contributed by atoms with Crippen LogP contribution in [0.25, 0.3) is 21.7 Å². The Morgan fingerprint density at radius 1 is 0.550 bits per heavy atom. The number of benzene rings is 2. The molecule has 0 saturated carbocycles. The van der Waals surface area contributed by atoms with Gasteiger partial charge in [-0.2, -0.15) is 0 Å². The predicted octanol–water partition coefficient (Wildman–Crippen LogP) is 4.47. The molecule has 0 fully saturated rings. The van der Waals surface area contributed by atoms with Gasteiger partial charge in [0.15, 0.2) is 0 Å². The summed E-state index contributed by atoms with van der Waals surface area (Å²) in [6.07, 6.45) is 5.49. The first-order valence-corrected chi connectivity index (χ1v) is 6.52. The van der Waals surface area contributed by atoms with Crippen molar-refractivity contribution in [3.8, 4) is 0 Å². The molecule has 2 aromatic carbocycles. The van der Waals surface area contributed by atoms with E-state index in [0.29, 0.717) is 0 Å². The highest BCUT2D eigenvalue weighted by Crippen LogP contribution is 2.09. The van der Waals surface area contributed by atoms with Crippen LogP contribution in [0, 0.1) is 0 Å². The molecule has 20 heavy (non-hydrogen) atoms. The van der Waals surface area contributed by atoms with Crippen LogP contribution in [0.5, 0.6) is 0 Å². The molecule has 4 rings (SSSR count). The van der Waals surface area contributed by atoms with Gasteiger partial charge in [-0.05, 0) is 29.0 Å². The van der Waals surface area contributed by atoms with E-state index in [2.05, 4.69) is 34.2 Å². The number of fused-ring (bicyclic) bond motifs is 2. The highest BCUT2D eigenvalue weighted by molar-refractivity contribution is 5.81. The van der Waals surface area contributed by atoms with Crippen molar-refractivity contribution in [2.24, 2.45) is 0 Å². The Hall–Kier alpha value is -2.74. The first-order chi connectivity index (χ1) is 9.93. The van der Waals surface area contributed by atoms with Gasteiger partial charge in [0, 0.05) is 24.0 Å².